The molecule has 13 heavy (non-hydrogen) atoms. The topological polar surface area (TPSA) is 23.5 Å². The first-order valence-corrected chi connectivity index (χ1v) is 4.97. The van der Waals surface area contributed by atoms with Crippen molar-refractivity contribution in [2.24, 2.45) is 0 Å². The molecule has 0 saturated heterocycles. The standard InChI is InChI=1S/C11H17NO/c1-8-3-6-10(11(13)7-8)12(2)9-4-5-9/h3,7,9-10,13H,4-6H2,1-2H3. The van der Waals surface area contributed by atoms with Crippen molar-refractivity contribution < 1.29 is 5.11 Å². The molecule has 1 atom stereocenters. The first-order valence-electron chi connectivity index (χ1n) is 4.97. The molecule has 1 fully saturated rings. The second-order valence-electron chi connectivity index (χ2n) is 4.17. The number of allylic oxidation sites excluding steroid dienone is 2. The molecule has 2 rings (SSSR count). The number of hydrogen-bond acceptors (Lipinski definition) is 2. The van der Waals surface area contributed by atoms with Crippen molar-refractivity contribution >= 4 is 0 Å². The van der Waals surface area contributed by atoms with E-state index in [-0.39, 0.29) is 6.04 Å². The highest BCUT2D eigenvalue weighted by molar-refractivity contribution is 5.27. The number of nitrogens with zero attached hydrogens (tertiary/aromatic N) is 1. The number of rotatable bonds is 2. The van der Waals surface area contributed by atoms with Gasteiger partial charge >= 0.3 is 0 Å². The molecule has 2 aliphatic rings. The molecule has 0 aliphatic heterocycles. The van der Waals surface area contributed by atoms with Gasteiger partial charge in [-0.3, -0.25) is 4.90 Å². The van der Waals surface area contributed by atoms with E-state index in [0.29, 0.717) is 11.8 Å². The van der Waals surface area contributed by atoms with Gasteiger partial charge in [0.05, 0.1) is 6.04 Å². The van der Waals surface area contributed by atoms with Crippen LogP contribution in [-0.4, -0.2) is 29.1 Å². The lowest BCUT2D eigenvalue weighted by molar-refractivity contribution is 0.199. The first kappa shape index (κ1) is 8.82. The van der Waals surface area contributed by atoms with Gasteiger partial charge in [0.2, 0.25) is 0 Å². The third-order valence-electron chi connectivity index (χ3n) is 2.99. The zero-order valence-electron chi connectivity index (χ0n) is 8.33. The van der Waals surface area contributed by atoms with E-state index >= 15 is 0 Å². The van der Waals surface area contributed by atoms with Crippen molar-refractivity contribution in [3.63, 3.8) is 0 Å². The summed E-state index contributed by atoms with van der Waals surface area (Å²) in [6.45, 7) is 2.03. The highest BCUT2D eigenvalue weighted by atomic mass is 16.3. The molecule has 0 radical (unpaired) electrons. The molecule has 2 nitrogen and oxygen atoms in total. The Kier molecular flexibility index (Phi) is 2.16. The lowest BCUT2D eigenvalue weighted by atomic mass is 10.0. The van der Waals surface area contributed by atoms with Gasteiger partial charge in [0.25, 0.3) is 0 Å². The summed E-state index contributed by atoms with van der Waals surface area (Å²) in [6.07, 6.45) is 7.63. The average Bonchev–Trinajstić information content (AvgIpc) is 2.85. The molecule has 0 bridgehead atoms. The molecular formula is C11H17NO. The molecule has 0 aromatic carbocycles. The predicted octanol–water partition coefficient (Wildman–Crippen LogP) is 2.24. The van der Waals surface area contributed by atoms with Gasteiger partial charge in [-0.05, 0) is 39.3 Å². The summed E-state index contributed by atoms with van der Waals surface area (Å²) in [4.78, 5) is 2.30. The fraction of sp³-hybridized carbons (Fsp3) is 0.636. The predicted molar refractivity (Wildman–Crippen MR) is 53.7 cm³/mol. The summed E-state index contributed by atoms with van der Waals surface area (Å²) in [5, 5.41) is 9.77. The van der Waals surface area contributed by atoms with Crippen molar-refractivity contribution in [3.05, 3.63) is 23.5 Å². The summed E-state index contributed by atoms with van der Waals surface area (Å²) in [5.74, 6) is 0.536. The van der Waals surface area contributed by atoms with Crippen LogP contribution in [0.2, 0.25) is 0 Å². The van der Waals surface area contributed by atoms with E-state index in [9.17, 15) is 5.11 Å². The lowest BCUT2D eigenvalue weighted by Crippen LogP contribution is -2.35. The summed E-state index contributed by atoms with van der Waals surface area (Å²) in [6, 6.07) is 0.948. The van der Waals surface area contributed by atoms with E-state index in [0.717, 1.165) is 6.42 Å². The Morgan fingerprint density at radius 1 is 1.46 bits per heavy atom. The van der Waals surface area contributed by atoms with Gasteiger partial charge in [-0.2, -0.15) is 0 Å². The number of likely N-dealkylation sites (N-methyl/N-ethyl adjacent to an activating group) is 1. The zero-order valence-corrected chi connectivity index (χ0v) is 8.33. The van der Waals surface area contributed by atoms with Crippen molar-refractivity contribution in [3.8, 4) is 0 Å². The van der Waals surface area contributed by atoms with E-state index in [1.165, 1.54) is 18.4 Å². The zero-order chi connectivity index (χ0) is 9.42. The van der Waals surface area contributed by atoms with E-state index in [1.807, 2.05) is 13.0 Å². The van der Waals surface area contributed by atoms with Gasteiger partial charge in [-0.25, -0.2) is 0 Å². The van der Waals surface area contributed by atoms with E-state index < -0.39 is 0 Å². The van der Waals surface area contributed by atoms with Crippen LogP contribution in [-0.2, 0) is 0 Å². The Balaban J connectivity index is 2.05. The summed E-state index contributed by atoms with van der Waals surface area (Å²) < 4.78 is 0. The van der Waals surface area contributed by atoms with E-state index in [1.54, 1.807) is 0 Å². The molecule has 2 heteroatoms. The van der Waals surface area contributed by atoms with E-state index in [4.69, 9.17) is 0 Å². The van der Waals surface area contributed by atoms with Crippen molar-refractivity contribution in [2.45, 2.75) is 38.3 Å². The lowest BCUT2D eigenvalue weighted by Gasteiger charge is -2.28. The Morgan fingerprint density at radius 3 is 2.69 bits per heavy atom. The molecule has 1 saturated carbocycles. The van der Waals surface area contributed by atoms with Crippen LogP contribution < -0.4 is 0 Å². The number of aliphatic hydroxyl groups is 1. The minimum Gasteiger partial charge on any atom is -0.511 e. The second kappa shape index (κ2) is 3.18. The van der Waals surface area contributed by atoms with Crippen LogP contribution in [0.1, 0.15) is 26.2 Å². The molecule has 1 N–H and O–H groups in total. The SMILES string of the molecule is CC1=CCC(N(C)C2CC2)C(O)=C1. The van der Waals surface area contributed by atoms with Crippen LogP contribution in [0, 0.1) is 0 Å². The maximum atomic E-state index is 9.77. The normalized spacial score (nSPS) is 28.7. The largest absolute Gasteiger partial charge is 0.511 e. The van der Waals surface area contributed by atoms with Gasteiger partial charge in [-0.1, -0.05) is 11.6 Å². The van der Waals surface area contributed by atoms with Gasteiger partial charge in [0, 0.05) is 6.04 Å². The summed E-state index contributed by atoms with van der Waals surface area (Å²) in [5.41, 5.74) is 1.18. The molecule has 0 amide bonds. The summed E-state index contributed by atoms with van der Waals surface area (Å²) >= 11 is 0. The van der Waals surface area contributed by atoms with Crippen LogP contribution >= 0.6 is 0 Å². The molecule has 0 aromatic heterocycles. The monoisotopic (exact) mass is 179 g/mol. The minimum atomic E-state index is 0.233. The van der Waals surface area contributed by atoms with Crippen LogP contribution in [0.4, 0.5) is 0 Å². The Morgan fingerprint density at radius 2 is 2.15 bits per heavy atom. The molecule has 2 aliphatic carbocycles. The highest BCUT2D eigenvalue weighted by Gasteiger charge is 2.32. The van der Waals surface area contributed by atoms with Gasteiger partial charge in [0.15, 0.2) is 0 Å². The third-order valence-corrected chi connectivity index (χ3v) is 2.99. The fourth-order valence-electron chi connectivity index (χ4n) is 1.92. The van der Waals surface area contributed by atoms with Crippen molar-refractivity contribution in [1.29, 1.82) is 0 Å². The fourth-order valence-corrected chi connectivity index (χ4v) is 1.92. The van der Waals surface area contributed by atoms with Gasteiger partial charge < -0.3 is 5.11 Å². The number of hydrogen-bond donors (Lipinski definition) is 1. The molecule has 0 heterocycles. The third kappa shape index (κ3) is 1.78. The van der Waals surface area contributed by atoms with Crippen LogP contribution in [0.25, 0.3) is 0 Å². The Labute approximate surface area is 79.6 Å². The van der Waals surface area contributed by atoms with Gasteiger partial charge in [-0.15, -0.1) is 0 Å². The smallest absolute Gasteiger partial charge is 0.110 e. The highest BCUT2D eigenvalue weighted by Crippen LogP contribution is 2.31. The molecule has 0 aromatic rings. The second-order valence-corrected chi connectivity index (χ2v) is 4.17. The van der Waals surface area contributed by atoms with E-state index in [2.05, 4.69) is 18.0 Å². The Hall–Kier alpha value is -0.760. The quantitative estimate of drug-likeness (QED) is 0.702. The average molecular weight is 179 g/mol. The Bertz CT molecular complexity index is 263. The number of aliphatic hydroxyl groups excluding tert-OH is 1. The minimum absolute atomic E-state index is 0.233. The van der Waals surface area contributed by atoms with Crippen LogP contribution in [0.5, 0.6) is 0 Å². The molecular weight excluding hydrogens is 162 g/mol. The van der Waals surface area contributed by atoms with Crippen LogP contribution in [0.15, 0.2) is 23.5 Å². The molecule has 0 spiro atoms. The molecule has 72 valence electrons. The summed E-state index contributed by atoms with van der Waals surface area (Å²) in [7, 11) is 2.11. The maximum absolute atomic E-state index is 9.77. The van der Waals surface area contributed by atoms with Crippen molar-refractivity contribution in [1.82, 2.24) is 4.90 Å². The maximum Gasteiger partial charge on any atom is 0.110 e. The van der Waals surface area contributed by atoms with Crippen molar-refractivity contribution in [2.75, 3.05) is 7.05 Å². The molecule has 1 unspecified atom stereocenters. The van der Waals surface area contributed by atoms with Crippen LogP contribution in [0.3, 0.4) is 0 Å². The van der Waals surface area contributed by atoms with Gasteiger partial charge in [0.1, 0.15) is 5.76 Å². The first-order chi connectivity index (χ1) is 6.18.